The summed E-state index contributed by atoms with van der Waals surface area (Å²) in [5.74, 6) is 0.0205. The Morgan fingerprint density at radius 2 is 1.93 bits per heavy atom. The van der Waals surface area contributed by atoms with E-state index in [0.717, 1.165) is 10.5 Å². The molecule has 2 aromatic carbocycles. The average molecular weight is 396 g/mol. The monoisotopic (exact) mass is 396 g/mol. The summed E-state index contributed by atoms with van der Waals surface area (Å²) in [5.41, 5.74) is 0.880. The SMILES string of the molecule is COc1ccc([N+](=O)[O-])cc1NC(=O)C[NH+](C)Cc1ccc(OC(F)F)cc1. The van der Waals surface area contributed by atoms with Gasteiger partial charge in [0.15, 0.2) is 6.54 Å². The molecule has 1 amide bonds. The number of hydrogen-bond donors (Lipinski definition) is 2. The Balaban J connectivity index is 1.95. The Bertz CT molecular complexity index is 830. The number of ether oxygens (including phenoxy) is 2. The number of nitrogens with zero attached hydrogens (tertiary/aromatic N) is 1. The Kier molecular flexibility index (Phi) is 7.21. The minimum absolute atomic E-state index is 0.0620. The number of nitro groups is 1. The lowest BCUT2D eigenvalue weighted by Gasteiger charge is -2.15. The Morgan fingerprint density at radius 3 is 2.50 bits per heavy atom. The number of carbonyl (C=O) groups is 1. The number of halogens is 2. The molecule has 0 aromatic heterocycles. The highest BCUT2D eigenvalue weighted by Gasteiger charge is 2.16. The lowest BCUT2D eigenvalue weighted by atomic mass is 10.2. The Morgan fingerprint density at radius 1 is 1.25 bits per heavy atom. The minimum atomic E-state index is -2.88. The second-order valence-corrected chi connectivity index (χ2v) is 6.02. The standard InChI is InChI=1S/C18H19F2N3O5/c1-22(10-12-3-6-14(7-4-12)28-18(19)20)11-17(24)21-15-9-13(23(25)26)5-8-16(15)27-2/h3-9,18H,10-11H2,1-2H3,(H,21,24)/p+1. The first-order chi connectivity index (χ1) is 13.3. The van der Waals surface area contributed by atoms with Crippen molar-refractivity contribution in [2.24, 2.45) is 0 Å². The first-order valence-corrected chi connectivity index (χ1v) is 8.26. The Labute approximate surface area is 159 Å². The molecule has 1 unspecified atom stereocenters. The number of anilines is 1. The molecule has 0 aliphatic carbocycles. The van der Waals surface area contributed by atoms with E-state index in [-0.39, 0.29) is 29.6 Å². The van der Waals surface area contributed by atoms with Crippen molar-refractivity contribution in [3.05, 3.63) is 58.1 Å². The number of amides is 1. The molecule has 2 aromatic rings. The van der Waals surface area contributed by atoms with Crippen LogP contribution in [0.4, 0.5) is 20.2 Å². The number of hydrogen-bond acceptors (Lipinski definition) is 5. The van der Waals surface area contributed by atoms with E-state index in [0.29, 0.717) is 12.3 Å². The molecule has 0 saturated heterocycles. The van der Waals surface area contributed by atoms with Gasteiger partial charge in [-0.25, -0.2) is 0 Å². The third kappa shape index (κ3) is 6.16. The fourth-order valence-electron chi connectivity index (χ4n) is 2.58. The maximum atomic E-state index is 12.3. The van der Waals surface area contributed by atoms with Gasteiger partial charge in [0, 0.05) is 17.7 Å². The molecule has 0 bridgehead atoms. The minimum Gasteiger partial charge on any atom is -0.495 e. The van der Waals surface area contributed by atoms with E-state index in [1.807, 2.05) is 0 Å². The van der Waals surface area contributed by atoms with Crippen molar-refractivity contribution in [2.75, 3.05) is 26.0 Å². The maximum Gasteiger partial charge on any atom is 0.387 e. The van der Waals surface area contributed by atoms with Gasteiger partial charge in [0.05, 0.1) is 24.8 Å². The molecule has 8 nitrogen and oxygen atoms in total. The third-order valence-electron chi connectivity index (χ3n) is 3.78. The number of non-ortho nitro benzene ring substituents is 1. The number of rotatable bonds is 9. The van der Waals surface area contributed by atoms with Crippen molar-refractivity contribution >= 4 is 17.3 Å². The molecular weight excluding hydrogens is 376 g/mol. The number of nitrogens with one attached hydrogen (secondary N) is 2. The molecule has 2 N–H and O–H groups in total. The molecule has 0 spiro atoms. The number of likely N-dealkylation sites (N-methyl/N-ethyl adjacent to an activating group) is 1. The summed E-state index contributed by atoms with van der Waals surface area (Å²) in [4.78, 5) is 23.4. The third-order valence-corrected chi connectivity index (χ3v) is 3.78. The van der Waals surface area contributed by atoms with Crippen LogP contribution in [-0.2, 0) is 11.3 Å². The zero-order valence-electron chi connectivity index (χ0n) is 15.3. The van der Waals surface area contributed by atoms with Crippen LogP contribution in [0.2, 0.25) is 0 Å². The highest BCUT2D eigenvalue weighted by atomic mass is 19.3. The molecule has 0 radical (unpaired) electrons. The van der Waals surface area contributed by atoms with E-state index in [4.69, 9.17) is 4.74 Å². The maximum absolute atomic E-state index is 12.3. The lowest BCUT2D eigenvalue weighted by molar-refractivity contribution is -0.885. The van der Waals surface area contributed by atoms with Gasteiger partial charge in [-0.05, 0) is 30.3 Å². The number of carbonyl (C=O) groups excluding carboxylic acids is 1. The van der Waals surface area contributed by atoms with Gasteiger partial charge in [-0.15, -0.1) is 0 Å². The molecule has 0 aliphatic rings. The molecule has 1 atom stereocenters. The Hall–Kier alpha value is -3.27. The molecule has 28 heavy (non-hydrogen) atoms. The van der Waals surface area contributed by atoms with Crippen LogP contribution in [0.3, 0.4) is 0 Å². The van der Waals surface area contributed by atoms with Crippen molar-refractivity contribution in [1.29, 1.82) is 0 Å². The highest BCUT2D eigenvalue weighted by Crippen LogP contribution is 2.28. The predicted molar refractivity (Wildman–Crippen MR) is 96.8 cm³/mol. The summed E-state index contributed by atoms with van der Waals surface area (Å²) >= 11 is 0. The summed E-state index contributed by atoms with van der Waals surface area (Å²) < 4.78 is 33.7. The van der Waals surface area contributed by atoms with E-state index in [1.54, 1.807) is 19.2 Å². The van der Waals surface area contributed by atoms with E-state index < -0.39 is 11.5 Å². The fourth-order valence-corrected chi connectivity index (χ4v) is 2.58. The van der Waals surface area contributed by atoms with Crippen molar-refractivity contribution in [2.45, 2.75) is 13.2 Å². The summed E-state index contributed by atoms with van der Waals surface area (Å²) in [6, 6.07) is 10.1. The van der Waals surface area contributed by atoms with Gasteiger partial charge in [0.1, 0.15) is 18.0 Å². The van der Waals surface area contributed by atoms with Gasteiger partial charge in [-0.3, -0.25) is 14.9 Å². The van der Waals surface area contributed by atoms with Gasteiger partial charge in [-0.2, -0.15) is 8.78 Å². The second-order valence-electron chi connectivity index (χ2n) is 6.02. The van der Waals surface area contributed by atoms with Gasteiger partial charge in [0.2, 0.25) is 0 Å². The van der Waals surface area contributed by atoms with Crippen LogP contribution in [0, 0.1) is 10.1 Å². The largest absolute Gasteiger partial charge is 0.495 e. The van der Waals surface area contributed by atoms with Crippen LogP contribution < -0.4 is 19.7 Å². The van der Waals surface area contributed by atoms with Crippen LogP contribution in [-0.4, -0.2) is 38.1 Å². The summed E-state index contributed by atoms with van der Waals surface area (Å²) in [5, 5.41) is 13.5. The molecule has 2 rings (SSSR count). The van der Waals surface area contributed by atoms with Gasteiger partial charge in [0.25, 0.3) is 11.6 Å². The zero-order chi connectivity index (χ0) is 20.7. The molecule has 0 fully saturated rings. The zero-order valence-corrected chi connectivity index (χ0v) is 15.3. The molecule has 0 heterocycles. The van der Waals surface area contributed by atoms with Gasteiger partial charge >= 0.3 is 6.61 Å². The second kappa shape index (κ2) is 9.60. The van der Waals surface area contributed by atoms with Crippen molar-refractivity contribution in [1.82, 2.24) is 0 Å². The van der Waals surface area contributed by atoms with Crippen LogP contribution in [0.15, 0.2) is 42.5 Å². The highest BCUT2D eigenvalue weighted by molar-refractivity contribution is 5.93. The van der Waals surface area contributed by atoms with E-state index in [1.165, 1.54) is 37.4 Å². The predicted octanol–water partition coefficient (Wildman–Crippen LogP) is 1.86. The molecule has 0 saturated carbocycles. The normalized spacial score (nSPS) is 11.8. The van der Waals surface area contributed by atoms with Crippen molar-refractivity contribution in [3.8, 4) is 11.5 Å². The topological polar surface area (TPSA) is 95.1 Å². The number of nitro benzene ring substituents is 1. The summed E-state index contributed by atoms with van der Waals surface area (Å²) in [6.07, 6.45) is 0. The van der Waals surface area contributed by atoms with E-state index in [2.05, 4.69) is 10.1 Å². The first-order valence-electron chi connectivity index (χ1n) is 8.26. The van der Waals surface area contributed by atoms with Gasteiger partial charge in [-0.1, -0.05) is 0 Å². The molecule has 0 aliphatic heterocycles. The van der Waals surface area contributed by atoms with Crippen LogP contribution in [0.25, 0.3) is 0 Å². The number of benzene rings is 2. The quantitative estimate of drug-likeness (QED) is 0.498. The fraction of sp³-hybridized carbons (Fsp3) is 0.278. The van der Waals surface area contributed by atoms with Crippen molar-refractivity contribution in [3.63, 3.8) is 0 Å². The number of alkyl halides is 2. The van der Waals surface area contributed by atoms with E-state index >= 15 is 0 Å². The van der Waals surface area contributed by atoms with Crippen molar-refractivity contribution < 1.29 is 32.9 Å². The first kappa shape index (κ1) is 21.0. The number of methoxy groups -OCH3 is 1. The van der Waals surface area contributed by atoms with Crippen LogP contribution in [0.1, 0.15) is 5.56 Å². The summed E-state index contributed by atoms with van der Waals surface area (Å²) in [6.45, 7) is -2.33. The average Bonchev–Trinajstić information content (AvgIpc) is 2.62. The lowest BCUT2D eigenvalue weighted by Crippen LogP contribution is -3.08. The number of quaternary nitrogens is 1. The van der Waals surface area contributed by atoms with Gasteiger partial charge < -0.3 is 19.7 Å². The summed E-state index contributed by atoms with van der Waals surface area (Å²) in [7, 11) is 3.18. The smallest absolute Gasteiger partial charge is 0.387 e. The molecular formula is C18H20F2N3O5+. The van der Waals surface area contributed by atoms with Crippen LogP contribution in [0.5, 0.6) is 11.5 Å². The molecule has 10 heteroatoms. The van der Waals surface area contributed by atoms with Crippen LogP contribution >= 0.6 is 0 Å². The van der Waals surface area contributed by atoms with E-state index in [9.17, 15) is 23.7 Å². The molecule has 150 valence electrons.